The van der Waals surface area contributed by atoms with Crippen molar-refractivity contribution in [3.8, 4) is 0 Å². The topological polar surface area (TPSA) is 65.2 Å². The third-order valence-electron chi connectivity index (χ3n) is 6.10. The Hall–Kier alpha value is -1.06. The molecule has 0 amide bonds. The van der Waals surface area contributed by atoms with Crippen LogP contribution in [0.15, 0.2) is 10.3 Å². The van der Waals surface area contributed by atoms with Crippen molar-refractivity contribution in [1.29, 1.82) is 0 Å². The van der Waals surface area contributed by atoms with Crippen LogP contribution in [0.4, 0.5) is 0 Å². The number of rotatable bonds is 0. The fourth-order valence-corrected chi connectivity index (χ4v) is 6.13. The Morgan fingerprint density at radius 2 is 1.27 bits per heavy atom. The highest BCUT2D eigenvalue weighted by Gasteiger charge is 2.82. The van der Waals surface area contributed by atoms with Crippen LogP contribution in [-0.4, -0.2) is 21.8 Å². The van der Waals surface area contributed by atoms with Crippen LogP contribution in [0.2, 0.25) is 0 Å². The van der Waals surface area contributed by atoms with Gasteiger partial charge in [-0.3, -0.25) is 0 Å². The van der Waals surface area contributed by atoms with Gasteiger partial charge in [0.1, 0.15) is 0 Å². The summed E-state index contributed by atoms with van der Waals surface area (Å²) in [5.41, 5.74) is 2.09. The number of oxime groups is 2. The summed E-state index contributed by atoms with van der Waals surface area (Å²) in [5, 5.41) is 25.4. The molecule has 8 atom stereocenters. The third kappa shape index (κ3) is 0.446. The molecule has 8 unspecified atom stereocenters. The summed E-state index contributed by atoms with van der Waals surface area (Å²) < 4.78 is 0. The molecule has 2 bridgehead atoms. The predicted octanol–water partition coefficient (Wildman–Crippen LogP) is 1.03. The maximum atomic E-state index is 9.13. The summed E-state index contributed by atoms with van der Waals surface area (Å²) in [5.74, 6) is 4.76. The van der Waals surface area contributed by atoms with E-state index < -0.39 is 0 Å². The lowest BCUT2D eigenvalue weighted by Crippen LogP contribution is -2.48. The standard InChI is InChI=1S/C11H12N2O2/c14-12-10-6-2-1-3-5-4(2)8(10)9(5)11(13-15)7(3)6/h2-9,14-15H,1H2/b12-10-,13-11-. The molecule has 0 radical (unpaired) electrons. The molecule has 0 aromatic heterocycles. The first kappa shape index (κ1) is 7.25. The first-order valence-electron chi connectivity index (χ1n) is 5.82. The van der Waals surface area contributed by atoms with Gasteiger partial charge in [0.15, 0.2) is 0 Å². The zero-order valence-electron chi connectivity index (χ0n) is 8.11. The minimum absolute atomic E-state index is 0.427. The molecule has 5 rings (SSSR count). The Labute approximate surface area is 86.6 Å². The highest BCUT2D eigenvalue weighted by atomic mass is 16.4. The minimum atomic E-state index is 0.427. The van der Waals surface area contributed by atoms with Gasteiger partial charge in [0.25, 0.3) is 0 Å². The Morgan fingerprint density at radius 3 is 1.67 bits per heavy atom. The van der Waals surface area contributed by atoms with Crippen molar-refractivity contribution in [2.24, 2.45) is 57.7 Å². The van der Waals surface area contributed by atoms with Gasteiger partial charge >= 0.3 is 0 Å². The van der Waals surface area contributed by atoms with Gasteiger partial charge in [-0.05, 0) is 30.1 Å². The van der Waals surface area contributed by atoms with Crippen LogP contribution in [0.5, 0.6) is 0 Å². The van der Waals surface area contributed by atoms with Crippen molar-refractivity contribution in [3.05, 3.63) is 0 Å². The molecule has 0 aromatic carbocycles. The van der Waals surface area contributed by atoms with Crippen molar-refractivity contribution < 1.29 is 10.4 Å². The van der Waals surface area contributed by atoms with Crippen LogP contribution >= 0.6 is 0 Å². The number of nitrogens with zero attached hydrogens (tertiary/aromatic N) is 2. The van der Waals surface area contributed by atoms with Gasteiger partial charge in [-0.2, -0.15) is 0 Å². The van der Waals surface area contributed by atoms with E-state index in [1.165, 1.54) is 6.42 Å². The SMILES string of the molecule is O/N=C1/C2C3CC4C2/C(=N/O)C2C1C3C42. The van der Waals surface area contributed by atoms with Gasteiger partial charge in [-0.1, -0.05) is 10.3 Å². The molecule has 5 saturated carbocycles. The van der Waals surface area contributed by atoms with E-state index in [-0.39, 0.29) is 0 Å². The average molecular weight is 204 g/mol. The smallest absolute Gasteiger partial charge is 0.0651 e. The zero-order valence-corrected chi connectivity index (χ0v) is 8.11. The maximum Gasteiger partial charge on any atom is 0.0651 e. The van der Waals surface area contributed by atoms with Crippen LogP contribution in [0.25, 0.3) is 0 Å². The number of hydrogen-bond acceptors (Lipinski definition) is 4. The first-order chi connectivity index (χ1) is 7.38. The molecule has 78 valence electrons. The Morgan fingerprint density at radius 1 is 0.800 bits per heavy atom. The summed E-state index contributed by atoms with van der Waals surface area (Å²) in [7, 11) is 0. The number of fused-ring (bicyclic) bond motifs is 2. The van der Waals surface area contributed by atoms with Crippen LogP contribution in [-0.2, 0) is 0 Å². The molecule has 0 saturated heterocycles. The molecule has 5 fully saturated rings. The summed E-state index contributed by atoms with van der Waals surface area (Å²) in [4.78, 5) is 0. The molecule has 5 aliphatic carbocycles. The largest absolute Gasteiger partial charge is 0.411 e. The minimum Gasteiger partial charge on any atom is -0.411 e. The second-order valence-electron chi connectivity index (χ2n) is 5.87. The Bertz CT molecular complexity index is 400. The second-order valence-corrected chi connectivity index (χ2v) is 5.87. The van der Waals surface area contributed by atoms with Gasteiger partial charge in [0.05, 0.1) is 11.4 Å². The summed E-state index contributed by atoms with van der Waals surface area (Å²) >= 11 is 0. The predicted molar refractivity (Wildman–Crippen MR) is 51.0 cm³/mol. The molecule has 0 spiro atoms. The lowest BCUT2D eigenvalue weighted by Gasteiger charge is -2.44. The Balaban J connectivity index is 1.83. The van der Waals surface area contributed by atoms with E-state index in [4.69, 9.17) is 10.4 Å². The van der Waals surface area contributed by atoms with Gasteiger partial charge < -0.3 is 10.4 Å². The average Bonchev–Trinajstić information content (AvgIpc) is 2.73. The fraction of sp³-hybridized carbons (Fsp3) is 0.818. The van der Waals surface area contributed by atoms with E-state index >= 15 is 0 Å². The van der Waals surface area contributed by atoms with Crippen molar-refractivity contribution in [3.63, 3.8) is 0 Å². The van der Waals surface area contributed by atoms with Crippen LogP contribution < -0.4 is 0 Å². The summed E-state index contributed by atoms with van der Waals surface area (Å²) in [6.45, 7) is 0. The monoisotopic (exact) mass is 204 g/mol. The van der Waals surface area contributed by atoms with E-state index in [1.807, 2.05) is 0 Å². The molecule has 2 N–H and O–H groups in total. The van der Waals surface area contributed by atoms with Gasteiger partial charge in [-0.15, -0.1) is 0 Å². The molecule has 0 heterocycles. The van der Waals surface area contributed by atoms with Crippen molar-refractivity contribution in [1.82, 2.24) is 0 Å². The Kier molecular flexibility index (Phi) is 0.874. The highest BCUT2D eigenvalue weighted by molar-refractivity contribution is 6.10. The molecule has 4 heteroatoms. The molecule has 15 heavy (non-hydrogen) atoms. The van der Waals surface area contributed by atoms with E-state index in [0.29, 0.717) is 23.7 Å². The van der Waals surface area contributed by atoms with Gasteiger partial charge in [-0.25, -0.2) is 0 Å². The molecular weight excluding hydrogens is 192 g/mol. The zero-order chi connectivity index (χ0) is 9.89. The summed E-state index contributed by atoms with van der Waals surface area (Å²) in [6.07, 6.45) is 1.29. The van der Waals surface area contributed by atoms with Crippen LogP contribution in [0.3, 0.4) is 0 Å². The first-order valence-corrected chi connectivity index (χ1v) is 5.82. The fourth-order valence-electron chi connectivity index (χ4n) is 6.13. The van der Waals surface area contributed by atoms with E-state index in [9.17, 15) is 0 Å². The lowest BCUT2D eigenvalue weighted by atomic mass is 9.59. The van der Waals surface area contributed by atoms with Crippen LogP contribution in [0, 0.1) is 47.3 Å². The van der Waals surface area contributed by atoms with Crippen molar-refractivity contribution >= 4 is 11.4 Å². The normalized spacial score (nSPS) is 71.2. The third-order valence-corrected chi connectivity index (χ3v) is 6.10. The van der Waals surface area contributed by atoms with Gasteiger partial charge in [0, 0.05) is 23.7 Å². The number of hydrogen-bond donors (Lipinski definition) is 2. The lowest BCUT2D eigenvalue weighted by molar-refractivity contribution is 0.0644. The van der Waals surface area contributed by atoms with Crippen LogP contribution in [0.1, 0.15) is 6.42 Å². The van der Waals surface area contributed by atoms with Crippen molar-refractivity contribution in [2.45, 2.75) is 6.42 Å². The van der Waals surface area contributed by atoms with E-state index in [1.54, 1.807) is 0 Å². The molecular formula is C11H12N2O2. The summed E-state index contributed by atoms with van der Waals surface area (Å²) in [6, 6.07) is 0. The second kappa shape index (κ2) is 1.81. The maximum absolute atomic E-state index is 9.13. The molecule has 5 aliphatic rings. The van der Waals surface area contributed by atoms with E-state index in [2.05, 4.69) is 10.3 Å². The van der Waals surface area contributed by atoms with Gasteiger partial charge in [0.2, 0.25) is 0 Å². The highest BCUT2D eigenvalue weighted by Crippen LogP contribution is 2.80. The van der Waals surface area contributed by atoms with Crippen molar-refractivity contribution in [2.75, 3.05) is 0 Å². The molecule has 4 nitrogen and oxygen atoms in total. The van der Waals surface area contributed by atoms with E-state index in [0.717, 1.165) is 35.1 Å². The molecule has 0 aromatic rings. The molecule has 0 aliphatic heterocycles. The quantitative estimate of drug-likeness (QED) is 0.457.